The normalized spacial score (nSPS) is 34.1. The van der Waals surface area contributed by atoms with Crippen LogP contribution < -0.4 is 5.73 Å². The Morgan fingerprint density at radius 2 is 2.06 bits per heavy atom. The summed E-state index contributed by atoms with van der Waals surface area (Å²) in [5.41, 5.74) is 5.59. The van der Waals surface area contributed by atoms with Gasteiger partial charge in [-0.2, -0.15) is 0 Å². The van der Waals surface area contributed by atoms with Crippen molar-refractivity contribution in [2.24, 2.45) is 23.0 Å². The Bertz CT molecular complexity index is 267. The lowest BCUT2D eigenvalue weighted by Gasteiger charge is -2.47. The molecule has 0 aromatic rings. The van der Waals surface area contributed by atoms with Crippen molar-refractivity contribution in [2.75, 3.05) is 20.1 Å². The monoisotopic (exact) mass is 224 g/mol. The van der Waals surface area contributed by atoms with Gasteiger partial charge < -0.3 is 10.6 Å². The highest BCUT2D eigenvalue weighted by Crippen LogP contribution is 2.46. The van der Waals surface area contributed by atoms with E-state index in [1.807, 2.05) is 11.9 Å². The lowest BCUT2D eigenvalue weighted by Crippen LogP contribution is -2.54. The Balaban J connectivity index is 1.89. The Hall–Kier alpha value is -0.570. The predicted octanol–water partition coefficient (Wildman–Crippen LogP) is 1.62. The third-order valence-electron chi connectivity index (χ3n) is 4.43. The van der Waals surface area contributed by atoms with Crippen LogP contribution in [0.3, 0.4) is 0 Å². The molecule has 2 saturated carbocycles. The number of carbonyl (C=O) groups is 1. The van der Waals surface area contributed by atoms with E-state index in [4.69, 9.17) is 5.73 Å². The summed E-state index contributed by atoms with van der Waals surface area (Å²) in [6, 6.07) is 0. The minimum Gasteiger partial charge on any atom is -0.345 e. The van der Waals surface area contributed by atoms with Gasteiger partial charge in [0.25, 0.3) is 0 Å². The highest BCUT2D eigenvalue weighted by Gasteiger charge is 2.48. The summed E-state index contributed by atoms with van der Waals surface area (Å²) in [6.45, 7) is 3.66. The maximum Gasteiger partial charge on any atom is 0.229 e. The molecule has 1 amide bonds. The van der Waals surface area contributed by atoms with Crippen molar-refractivity contribution in [1.29, 1.82) is 0 Å². The summed E-state index contributed by atoms with van der Waals surface area (Å²) >= 11 is 0. The van der Waals surface area contributed by atoms with E-state index in [0.29, 0.717) is 18.4 Å². The molecule has 3 nitrogen and oxygen atoms in total. The fourth-order valence-electron chi connectivity index (χ4n) is 3.25. The van der Waals surface area contributed by atoms with Crippen LogP contribution in [0.5, 0.6) is 0 Å². The number of amides is 1. The van der Waals surface area contributed by atoms with Crippen molar-refractivity contribution in [3.8, 4) is 0 Å². The van der Waals surface area contributed by atoms with Gasteiger partial charge in [-0.05, 0) is 37.5 Å². The minimum absolute atomic E-state index is 0.210. The molecule has 0 heterocycles. The van der Waals surface area contributed by atoms with Crippen LogP contribution in [0, 0.1) is 17.3 Å². The maximum absolute atomic E-state index is 12.3. The number of rotatable bonds is 4. The SMILES string of the molecule is CC1CC(CN)(C(=O)N(C)CC2CCC2)C1. The molecular weight excluding hydrogens is 200 g/mol. The molecule has 92 valence electrons. The molecule has 2 N–H and O–H groups in total. The van der Waals surface area contributed by atoms with Gasteiger partial charge >= 0.3 is 0 Å². The van der Waals surface area contributed by atoms with E-state index in [-0.39, 0.29) is 5.41 Å². The number of hydrogen-bond acceptors (Lipinski definition) is 2. The van der Waals surface area contributed by atoms with Crippen LogP contribution in [0.15, 0.2) is 0 Å². The number of hydrogen-bond donors (Lipinski definition) is 1. The number of nitrogens with zero attached hydrogens (tertiary/aromatic N) is 1. The second-order valence-corrected chi connectivity index (χ2v) is 5.98. The van der Waals surface area contributed by atoms with Crippen molar-refractivity contribution in [1.82, 2.24) is 4.90 Å². The summed E-state index contributed by atoms with van der Waals surface area (Å²) in [6.07, 6.45) is 5.90. The smallest absolute Gasteiger partial charge is 0.229 e. The molecule has 2 aliphatic rings. The van der Waals surface area contributed by atoms with Gasteiger partial charge in [0.1, 0.15) is 0 Å². The minimum atomic E-state index is -0.210. The fraction of sp³-hybridized carbons (Fsp3) is 0.923. The molecule has 0 spiro atoms. The van der Waals surface area contributed by atoms with Gasteiger partial charge in [-0.1, -0.05) is 13.3 Å². The van der Waals surface area contributed by atoms with E-state index in [2.05, 4.69) is 6.92 Å². The van der Waals surface area contributed by atoms with Crippen LogP contribution >= 0.6 is 0 Å². The molecule has 0 aliphatic heterocycles. The van der Waals surface area contributed by atoms with Crippen LogP contribution in [-0.4, -0.2) is 30.9 Å². The van der Waals surface area contributed by atoms with Crippen LogP contribution in [0.4, 0.5) is 0 Å². The fourth-order valence-corrected chi connectivity index (χ4v) is 3.25. The molecule has 0 aromatic heterocycles. The van der Waals surface area contributed by atoms with Crippen molar-refractivity contribution < 1.29 is 4.79 Å². The Labute approximate surface area is 98.4 Å². The summed E-state index contributed by atoms with van der Waals surface area (Å²) in [5.74, 6) is 1.71. The lowest BCUT2D eigenvalue weighted by molar-refractivity contribution is -0.149. The van der Waals surface area contributed by atoms with Gasteiger partial charge in [0.2, 0.25) is 5.91 Å². The van der Waals surface area contributed by atoms with Gasteiger partial charge in [0.15, 0.2) is 0 Å². The van der Waals surface area contributed by atoms with Crippen LogP contribution in [0.25, 0.3) is 0 Å². The summed E-state index contributed by atoms with van der Waals surface area (Å²) in [4.78, 5) is 14.3. The van der Waals surface area contributed by atoms with Gasteiger partial charge in [-0.3, -0.25) is 4.79 Å². The summed E-state index contributed by atoms with van der Waals surface area (Å²) < 4.78 is 0. The average Bonchev–Trinajstić information content (AvgIpc) is 2.17. The summed E-state index contributed by atoms with van der Waals surface area (Å²) in [5, 5.41) is 0. The molecule has 2 fully saturated rings. The molecule has 0 unspecified atom stereocenters. The highest BCUT2D eigenvalue weighted by molar-refractivity contribution is 5.83. The molecule has 16 heavy (non-hydrogen) atoms. The quantitative estimate of drug-likeness (QED) is 0.788. The second kappa shape index (κ2) is 4.36. The van der Waals surface area contributed by atoms with E-state index in [0.717, 1.165) is 25.3 Å². The van der Waals surface area contributed by atoms with E-state index >= 15 is 0 Å². The third kappa shape index (κ3) is 1.97. The van der Waals surface area contributed by atoms with Crippen molar-refractivity contribution in [2.45, 2.75) is 39.0 Å². The first kappa shape index (κ1) is 11.9. The Kier molecular flexibility index (Phi) is 3.24. The van der Waals surface area contributed by atoms with Crippen LogP contribution in [-0.2, 0) is 4.79 Å². The standard InChI is InChI=1S/C13H24N2O/c1-10-6-13(7-10,9-14)12(16)15(2)8-11-4-3-5-11/h10-11H,3-9,14H2,1-2H3. The first-order chi connectivity index (χ1) is 7.57. The zero-order valence-electron chi connectivity index (χ0n) is 10.5. The van der Waals surface area contributed by atoms with Gasteiger partial charge in [-0.15, -0.1) is 0 Å². The summed E-state index contributed by atoms with van der Waals surface area (Å²) in [7, 11) is 1.95. The van der Waals surface area contributed by atoms with Crippen molar-refractivity contribution >= 4 is 5.91 Å². The molecule has 2 rings (SSSR count). The largest absolute Gasteiger partial charge is 0.345 e. The Morgan fingerprint density at radius 1 is 1.44 bits per heavy atom. The first-order valence-electron chi connectivity index (χ1n) is 6.53. The van der Waals surface area contributed by atoms with Crippen LogP contribution in [0.1, 0.15) is 39.0 Å². The van der Waals surface area contributed by atoms with Crippen molar-refractivity contribution in [3.05, 3.63) is 0 Å². The molecule has 0 saturated heterocycles. The number of carbonyl (C=O) groups excluding carboxylic acids is 1. The first-order valence-corrected chi connectivity index (χ1v) is 6.53. The van der Waals surface area contributed by atoms with E-state index in [1.54, 1.807) is 0 Å². The molecule has 2 aliphatic carbocycles. The van der Waals surface area contributed by atoms with Gasteiger partial charge in [0, 0.05) is 20.1 Å². The van der Waals surface area contributed by atoms with Crippen molar-refractivity contribution in [3.63, 3.8) is 0 Å². The average molecular weight is 224 g/mol. The highest BCUT2D eigenvalue weighted by atomic mass is 16.2. The molecular formula is C13H24N2O. The van der Waals surface area contributed by atoms with Gasteiger partial charge in [-0.25, -0.2) is 0 Å². The molecule has 0 radical (unpaired) electrons. The van der Waals surface area contributed by atoms with Gasteiger partial charge in [0.05, 0.1) is 5.41 Å². The van der Waals surface area contributed by atoms with E-state index < -0.39 is 0 Å². The third-order valence-corrected chi connectivity index (χ3v) is 4.43. The molecule has 0 bridgehead atoms. The molecule has 0 atom stereocenters. The zero-order valence-corrected chi connectivity index (χ0v) is 10.5. The van der Waals surface area contributed by atoms with E-state index in [9.17, 15) is 4.79 Å². The maximum atomic E-state index is 12.3. The second-order valence-electron chi connectivity index (χ2n) is 5.98. The zero-order chi connectivity index (χ0) is 11.8. The molecule has 3 heteroatoms. The Morgan fingerprint density at radius 3 is 2.44 bits per heavy atom. The predicted molar refractivity (Wildman–Crippen MR) is 64.9 cm³/mol. The van der Waals surface area contributed by atoms with E-state index in [1.165, 1.54) is 19.3 Å². The molecule has 0 aromatic carbocycles. The topological polar surface area (TPSA) is 46.3 Å². The van der Waals surface area contributed by atoms with Crippen LogP contribution in [0.2, 0.25) is 0 Å². The number of nitrogens with two attached hydrogens (primary N) is 1. The lowest BCUT2D eigenvalue weighted by atomic mass is 9.61.